The van der Waals surface area contributed by atoms with E-state index in [9.17, 15) is 4.79 Å². The van der Waals surface area contributed by atoms with E-state index in [1.54, 1.807) is 0 Å². The third-order valence-electron chi connectivity index (χ3n) is 4.63. The number of amides is 1. The molecule has 4 heteroatoms. The summed E-state index contributed by atoms with van der Waals surface area (Å²) in [4.78, 5) is 12.4. The lowest BCUT2D eigenvalue weighted by Gasteiger charge is -2.16. The zero-order valence-corrected chi connectivity index (χ0v) is 14.0. The smallest absolute Gasteiger partial charge is 0.246 e. The quantitative estimate of drug-likeness (QED) is 0.918. The van der Waals surface area contributed by atoms with E-state index in [-0.39, 0.29) is 5.91 Å². The van der Waals surface area contributed by atoms with E-state index in [1.165, 1.54) is 11.1 Å². The predicted octanol–water partition coefficient (Wildman–Crippen LogP) is 4.25. The van der Waals surface area contributed by atoms with Gasteiger partial charge in [0.1, 0.15) is 0 Å². The monoisotopic (exact) mass is 323 g/mol. The molecular weight excluding hydrogens is 302 g/mol. The van der Waals surface area contributed by atoms with Gasteiger partial charge in [-0.3, -0.25) is 4.79 Å². The Morgan fingerprint density at radius 3 is 2.83 bits per heavy atom. The zero-order valence-electron chi connectivity index (χ0n) is 14.0. The Hall–Kier alpha value is -2.49. The van der Waals surface area contributed by atoms with E-state index in [0.29, 0.717) is 23.8 Å². The average molecular weight is 323 g/mol. The van der Waals surface area contributed by atoms with Gasteiger partial charge in [0.05, 0.1) is 0 Å². The van der Waals surface area contributed by atoms with Crippen LogP contribution >= 0.6 is 0 Å². The fraction of sp³-hybridized carbons (Fsp3) is 0.350. The van der Waals surface area contributed by atoms with Gasteiger partial charge in [-0.1, -0.05) is 24.3 Å². The van der Waals surface area contributed by atoms with Gasteiger partial charge in [0, 0.05) is 32.0 Å². The summed E-state index contributed by atoms with van der Waals surface area (Å²) in [7, 11) is 0. The van der Waals surface area contributed by atoms with Gasteiger partial charge in [0.2, 0.25) is 11.7 Å². The molecule has 1 aliphatic carbocycles. The first-order valence-corrected chi connectivity index (χ1v) is 8.40. The molecule has 1 N–H and O–H groups in total. The van der Waals surface area contributed by atoms with Crippen LogP contribution in [0.2, 0.25) is 0 Å². The number of hydrogen-bond donors (Lipinski definition) is 1. The first-order chi connectivity index (χ1) is 11.5. The lowest BCUT2D eigenvalue weighted by atomic mass is 9.97. The first kappa shape index (κ1) is 15.1. The number of aryl methyl sites for hydroxylation is 1. The first-order valence-electron chi connectivity index (χ1n) is 8.40. The minimum atomic E-state index is -0.654. The number of rotatable bonds is 3. The van der Waals surface area contributed by atoms with Gasteiger partial charge in [-0.05, 0) is 42.0 Å². The molecule has 1 atom stereocenters. The maximum absolute atomic E-state index is 12.4. The molecule has 0 fully saturated rings. The van der Waals surface area contributed by atoms with Crippen molar-refractivity contribution in [1.29, 1.82) is 0 Å². The molecule has 2 aromatic rings. The second kappa shape index (κ2) is 5.55. The minimum Gasteiger partial charge on any atom is -0.449 e. The Balaban J connectivity index is 1.43. The van der Waals surface area contributed by atoms with Crippen molar-refractivity contribution >= 4 is 11.6 Å². The molecule has 2 aromatic carbocycles. The van der Waals surface area contributed by atoms with E-state index in [1.807, 2.05) is 32.0 Å². The molecule has 1 heterocycles. The zero-order chi connectivity index (χ0) is 16.7. The Kier molecular flexibility index (Phi) is 3.48. The second-order valence-corrected chi connectivity index (χ2v) is 6.95. The molecule has 24 heavy (non-hydrogen) atoms. The van der Waals surface area contributed by atoms with Gasteiger partial charge in [-0.2, -0.15) is 0 Å². The van der Waals surface area contributed by atoms with Gasteiger partial charge in [-0.15, -0.1) is 0 Å². The van der Waals surface area contributed by atoms with Crippen molar-refractivity contribution in [3.05, 3.63) is 53.6 Å². The molecule has 1 aliphatic heterocycles. The average Bonchev–Trinajstić information content (AvgIpc) is 3.06. The molecule has 124 valence electrons. The van der Waals surface area contributed by atoms with E-state index in [2.05, 4.69) is 29.6 Å². The van der Waals surface area contributed by atoms with Gasteiger partial charge >= 0.3 is 0 Å². The molecule has 0 spiro atoms. The van der Waals surface area contributed by atoms with Gasteiger partial charge in [0.25, 0.3) is 0 Å². The highest BCUT2D eigenvalue weighted by molar-refractivity contribution is 5.91. The standard InChI is InChI=1S/C20H21NO3/c1-20(2)23-17-10-9-15(12-18(17)24-20)21-19(22)11-14-8-7-13-5-3-4-6-16(13)14/h3-6,9-10,12,14H,7-8,11H2,1-2H3,(H,21,22). The molecule has 0 aromatic heterocycles. The highest BCUT2D eigenvalue weighted by Crippen LogP contribution is 2.41. The number of carbonyl (C=O) groups excluding carboxylic acids is 1. The number of nitrogens with one attached hydrogen (secondary N) is 1. The summed E-state index contributed by atoms with van der Waals surface area (Å²) in [5, 5.41) is 2.98. The summed E-state index contributed by atoms with van der Waals surface area (Å²) in [6, 6.07) is 13.9. The van der Waals surface area contributed by atoms with Crippen molar-refractivity contribution < 1.29 is 14.3 Å². The SMILES string of the molecule is CC1(C)Oc2ccc(NC(=O)CC3CCc4ccccc43)cc2O1. The van der Waals surface area contributed by atoms with Gasteiger partial charge in [0.15, 0.2) is 11.5 Å². The highest BCUT2D eigenvalue weighted by Gasteiger charge is 2.32. The van der Waals surface area contributed by atoms with Gasteiger partial charge in [-0.25, -0.2) is 0 Å². The molecule has 4 rings (SSSR count). The number of hydrogen-bond acceptors (Lipinski definition) is 3. The van der Waals surface area contributed by atoms with Crippen molar-refractivity contribution in [1.82, 2.24) is 0 Å². The molecule has 1 amide bonds. The summed E-state index contributed by atoms with van der Waals surface area (Å²) in [5.74, 6) is 1.08. The van der Waals surface area contributed by atoms with E-state index in [0.717, 1.165) is 18.5 Å². The van der Waals surface area contributed by atoms with Crippen molar-refractivity contribution in [3.8, 4) is 11.5 Å². The number of benzene rings is 2. The lowest BCUT2D eigenvalue weighted by Crippen LogP contribution is -2.29. The van der Waals surface area contributed by atoms with Crippen molar-refractivity contribution in [2.45, 2.75) is 44.8 Å². The van der Waals surface area contributed by atoms with Crippen LogP contribution < -0.4 is 14.8 Å². The van der Waals surface area contributed by atoms with Crippen LogP contribution in [0, 0.1) is 0 Å². The van der Waals surface area contributed by atoms with Crippen LogP contribution in [0.15, 0.2) is 42.5 Å². The van der Waals surface area contributed by atoms with Crippen molar-refractivity contribution in [3.63, 3.8) is 0 Å². The third kappa shape index (κ3) is 2.84. The van der Waals surface area contributed by atoms with Crippen molar-refractivity contribution in [2.24, 2.45) is 0 Å². The summed E-state index contributed by atoms with van der Waals surface area (Å²) in [6.45, 7) is 3.73. The Morgan fingerprint density at radius 2 is 1.96 bits per heavy atom. The van der Waals surface area contributed by atoms with Crippen LogP contribution in [0.25, 0.3) is 0 Å². The Morgan fingerprint density at radius 1 is 1.17 bits per heavy atom. The number of anilines is 1. The van der Waals surface area contributed by atoms with Crippen LogP contribution in [0.3, 0.4) is 0 Å². The maximum Gasteiger partial charge on any atom is 0.246 e. The summed E-state index contributed by atoms with van der Waals surface area (Å²) < 4.78 is 11.4. The third-order valence-corrected chi connectivity index (χ3v) is 4.63. The molecule has 0 radical (unpaired) electrons. The highest BCUT2D eigenvalue weighted by atomic mass is 16.7. The Bertz CT molecular complexity index is 797. The number of fused-ring (bicyclic) bond motifs is 2. The minimum absolute atomic E-state index is 0.0369. The molecule has 4 nitrogen and oxygen atoms in total. The molecule has 0 saturated carbocycles. The van der Waals surface area contributed by atoms with E-state index < -0.39 is 5.79 Å². The topological polar surface area (TPSA) is 47.6 Å². The lowest BCUT2D eigenvalue weighted by molar-refractivity contribution is -0.116. The summed E-state index contributed by atoms with van der Waals surface area (Å²) >= 11 is 0. The molecule has 0 saturated heterocycles. The normalized spacial score (nSPS) is 19.8. The van der Waals surface area contributed by atoms with Crippen molar-refractivity contribution in [2.75, 3.05) is 5.32 Å². The predicted molar refractivity (Wildman–Crippen MR) is 92.5 cm³/mol. The van der Waals surface area contributed by atoms with Crippen LogP contribution in [0.1, 0.15) is 43.7 Å². The van der Waals surface area contributed by atoms with Crippen LogP contribution in [0.5, 0.6) is 11.5 Å². The van der Waals surface area contributed by atoms with Crippen LogP contribution in [0.4, 0.5) is 5.69 Å². The fourth-order valence-electron chi connectivity index (χ4n) is 3.59. The molecule has 2 aliphatic rings. The van der Waals surface area contributed by atoms with Crippen LogP contribution in [-0.2, 0) is 11.2 Å². The molecule has 1 unspecified atom stereocenters. The second-order valence-electron chi connectivity index (χ2n) is 6.95. The number of carbonyl (C=O) groups is 1. The Labute approximate surface area is 141 Å². The molecule has 0 bridgehead atoms. The maximum atomic E-state index is 12.4. The van der Waals surface area contributed by atoms with Crippen LogP contribution in [-0.4, -0.2) is 11.7 Å². The molecular formula is C20H21NO3. The largest absolute Gasteiger partial charge is 0.449 e. The summed E-state index contributed by atoms with van der Waals surface area (Å²) in [5.41, 5.74) is 3.44. The van der Waals surface area contributed by atoms with E-state index >= 15 is 0 Å². The fourth-order valence-corrected chi connectivity index (χ4v) is 3.59. The summed E-state index contributed by atoms with van der Waals surface area (Å²) in [6.07, 6.45) is 2.62. The van der Waals surface area contributed by atoms with E-state index in [4.69, 9.17) is 9.47 Å². The number of ether oxygens (including phenoxy) is 2. The van der Waals surface area contributed by atoms with Gasteiger partial charge < -0.3 is 14.8 Å².